The van der Waals surface area contributed by atoms with Crippen LogP contribution in [0, 0.1) is 0 Å². The molecule has 1 aliphatic rings. The number of rotatable bonds is 5. The Hall–Kier alpha value is -2.29. The maximum atomic E-state index is 11.2. The number of hydrogen-bond donors (Lipinski definition) is 5. The Bertz CT molecular complexity index is 380. The van der Waals surface area contributed by atoms with Crippen LogP contribution in [0.2, 0.25) is 0 Å². The molecule has 1 rings (SSSR count). The van der Waals surface area contributed by atoms with Crippen molar-refractivity contribution in [2.45, 2.75) is 12.5 Å². The van der Waals surface area contributed by atoms with E-state index in [0.717, 1.165) is 5.01 Å². The van der Waals surface area contributed by atoms with E-state index >= 15 is 0 Å². The predicted octanol–water partition coefficient (Wildman–Crippen LogP) is -2.36. The first kappa shape index (κ1) is 12.8. The molecule has 0 aliphatic carbocycles. The summed E-state index contributed by atoms with van der Waals surface area (Å²) in [5.74, 6) is 3.73. The van der Waals surface area contributed by atoms with Gasteiger partial charge >= 0.3 is 12.0 Å². The number of nitrogens with zero attached hydrogens (tertiary/aromatic N) is 1. The number of nitrogens with two attached hydrogens (primary N) is 2. The van der Waals surface area contributed by atoms with E-state index in [1.54, 1.807) is 0 Å². The van der Waals surface area contributed by atoms with Crippen LogP contribution in [0.15, 0.2) is 11.9 Å². The van der Waals surface area contributed by atoms with Crippen molar-refractivity contribution in [3.05, 3.63) is 11.9 Å². The van der Waals surface area contributed by atoms with Gasteiger partial charge in [0.2, 0.25) is 0 Å². The average Bonchev–Trinajstić information content (AvgIpc) is 2.42. The fourth-order valence-electron chi connectivity index (χ4n) is 1.31. The summed E-state index contributed by atoms with van der Waals surface area (Å²) in [4.78, 5) is 32.3. The number of carboxylic acid groups (broad SMARTS) is 1. The summed E-state index contributed by atoms with van der Waals surface area (Å²) >= 11 is 0. The van der Waals surface area contributed by atoms with E-state index in [0.29, 0.717) is 0 Å². The minimum atomic E-state index is -1.11. The molecule has 1 fully saturated rings. The van der Waals surface area contributed by atoms with E-state index in [2.05, 4.69) is 5.32 Å². The SMILES string of the molecule is N/C(=C\N(N)CC(=O)O)CC1NC(=O)NC1=O. The summed E-state index contributed by atoms with van der Waals surface area (Å²) < 4.78 is 0. The van der Waals surface area contributed by atoms with Crippen LogP contribution < -0.4 is 22.2 Å². The van der Waals surface area contributed by atoms with Crippen LogP contribution in [0.4, 0.5) is 4.79 Å². The largest absolute Gasteiger partial charge is 0.480 e. The lowest BCUT2D eigenvalue weighted by molar-refractivity contribution is -0.137. The Balaban J connectivity index is 2.51. The highest BCUT2D eigenvalue weighted by Gasteiger charge is 2.29. The lowest BCUT2D eigenvalue weighted by Gasteiger charge is -2.13. The van der Waals surface area contributed by atoms with Gasteiger partial charge in [-0.2, -0.15) is 0 Å². The summed E-state index contributed by atoms with van der Waals surface area (Å²) in [6.45, 7) is -0.413. The van der Waals surface area contributed by atoms with E-state index in [1.165, 1.54) is 6.20 Å². The monoisotopic (exact) mass is 243 g/mol. The first-order chi connectivity index (χ1) is 7.88. The molecular formula is C8H13N5O4. The van der Waals surface area contributed by atoms with Crippen LogP contribution in [0.25, 0.3) is 0 Å². The second-order valence-corrected chi connectivity index (χ2v) is 3.49. The second kappa shape index (κ2) is 5.16. The van der Waals surface area contributed by atoms with Crippen molar-refractivity contribution in [1.82, 2.24) is 15.6 Å². The van der Waals surface area contributed by atoms with Crippen LogP contribution >= 0.6 is 0 Å². The van der Waals surface area contributed by atoms with Crippen molar-refractivity contribution in [3.63, 3.8) is 0 Å². The van der Waals surface area contributed by atoms with Crippen LogP contribution in [0.1, 0.15) is 6.42 Å². The van der Waals surface area contributed by atoms with Gasteiger partial charge in [-0.25, -0.2) is 10.6 Å². The van der Waals surface area contributed by atoms with Gasteiger partial charge in [-0.1, -0.05) is 0 Å². The molecule has 1 saturated heterocycles. The summed E-state index contributed by atoms with van der Waals surface area (Å²) in [7, 11) is 0. The standard InChI is InChI=1S/C8H13N5O4/c9-4(2-13(10)3-6(14)15)1-5-7(16)12-8(17)11-5/h2,5H,1,3,9-10H2,(H,14,15)(H2,11,12,16,17)/b4-2-. The summed E-state index contributed by atoms with van der Waals surface area (Å²) in [5, 5.41) is 13.7. The number of hydrogen-bond acceptors (Lipinski definition) is 6. The molecule has 3 amide bonds. The number of carbonyl (C=O) groups excluding carboxylic acids is 2. The Kier molecular flexibility index (Phi) is 3.88. The molecule has 94 valence electrons. The molecule has 0 spiro atoms. The summed E-state index contributed by atoms with van der Waals surface area (Å²) in [6, 6.07) is -1.33. The van der Waals surface area contributed by atoms with Crippen molar-refractivity contribution in [1.29, 1.82) is 0 Å². The van der Waals surface area contributed by atoms with Gasteiger partial charge in [0.15, 0.2) is 0 Å². The first-order valence-corrected chi connectivity index (χ1v) is 4.69. The fraction of sp³-hybridized carbons (Fsp3) is 0.375. The van der Waals surface area contributed by atoms with Gasteiger partial charge in [0.05, 0.1) is 0 Å². The molecular weight excluding hydrogens is 230 g/mol. The molecule has 1 aliphatic heterocycles. The second-order valence-electron chi connectivity index (χ2n) is 3.49. The Morgan fingerprint density at radius 2 is 2.18 bits per heavy atom. The number of nitrogens with one attached hydrogen (secondary N) is 2. The smallest absolute Gasteiger partial charge is 0.324 e. The van der Waals surface area contributed by atoms with Gasteiger partial charge in [-0.15, -0.1) is 0 Å². The highest BCUT2D eigenvalue weighted by molar-refractivity contribution is 6.04. The zero-order valence-corrected chi connectivity index (χ0v) is 8.84. The Morgan fingerprint density at radius 3 is 2.65 bits per heavy atom. The fourth-order valence-corrected chi connectivity index (χ4v) is 1.31. The van der Waals surface area contributed by atoms with Gasteiger partial charge < -0.3 is 21.2 Å². The van der Waals surface area contributed by atoms with Gasteiger partial charge in [0.25, 0.3) is 5.91 Å². The molecule has 1 heterocycles. The average molecular weight is 243 g/mol. The third kappa shape index (κ3) is 3.99. The normalized spacial score (nSPS) is 19.8. The molecule has 0 aromatic rings. The maximum absolute atomic E-state index is 11.2. The van der Waals surface area contributed by atoms with Crippen molar-refractivity contribution < 1.29 is 19.5 Å². The third-order valence-corrected chi connectivity index (χ3v) is 1.95. The highest BCUT2D eigenvalue weighted by Crippen LogP contribution is 2.04. The minimum Gasteiger partial charge on any atom is -0.480 e. The lowest BCUT2D eigenvalue weighted by Crippen LogP contribution is -2.34. The Morgan fingerprint density at radius 1 is 1.53 bits per heavy atom. The highest BCUT2D eigenvalue weighted by atomic mass is 16.4. The van der Waals surface area contributed by atoms with Gasteiger partial charge in [0.1, 0.15) is 12.6 Å². The van der Waals surface area contributed by atoms with Crippen LogP contribution in [-0.2, 0) is 9.59 Å². The van der Waals surface area contributed by atoms with E-state index < -0.39 is 30.5 Å². The quantitative estimate of drug-likeness (QED) is 0.206. The minimum absolute atomic E-state index is 0.0604. The molecule has 0 aromatic heterocycles. The van der Waals surface area contributed by atoms with Crippen LogP contribution in [0.3, 0.4) is 0 Å². The van der Waals surface area contributed by atoms with Crippen molar-refractivity contribution in [2.75, 3.05) is 6.54 Å². The summed E-state index contributed by atoms with van der Waals surface area (Å²) in [5.41, 5.74) is 5.74. The molecule has 0 saturated carbocycles. The van der Waals surface area contributed by atoms with E-state index in [1.807, 2.05) is 5.32 Å². The maximum Gasteiger partial charge on any atom is 0.324 e. The third-order valence-electron chi connectivity index (χ3n) is 1.95. The van der Waals surface area contributed by atoms with Gasteiger partial charge in [-0.3, -0.25) is 14.9 Å². The zero-order chi connectivity index (χ0) is 13.0. The summed E-state index contributed by atoms with van der Waals surface area (Å²) in [6.07, 6.45) is 1.26. The van der Waals surface area contributed by atoms with Gasteiger partial charge in [0, 0.05) is 18.3 Å². The molecule has 9 heteroatoms. The molecule has 7 N–H and O–H groups in total. The van der Waals surface area contributed by atoms with E-state index in [9.17, 15) is 14.4 Å². The molecule has 9 nitrogen and oxygen atoms in total. The number of carboxylic acids is 1. The predicted molar refractivity (Wildman–Crippen MR) is 55.9 cm³/mol. The van der Waals surface area contributed by atoms with E-state index in [-0.39, 0.29) is 12.1 Å². The zero-order valence-electron chi connectivity index (χ0n) is 8.84. The van der Waals surface area contributed by atoms with Crippen molar-refractivity contribution in [2.24, 2.45) is 11.6 Å². The number of aliphatic carboxylic acids is 1. The van der Waals surface area contributed by atoms with Crippen molar-refractivity contribution in [3.8, 4) is 0 Å². The first-order valence-electron chi connectivity index (χ1n) is 4.69. The van der Waals surface area contributed by atoms with Crippen LogP contribution in [-0.4, -0.2) is 40.6 Å². The molecule has 1 atom stereocenters. The van der Waals surface area contributed by atoms with Gasteiger partial charge in [-0.05, 0) is 0 Å². The van der Waals surface area contributed by atoms with Crippen LogP contribution in [0.5, 0.6) is 0 Å². The number of imide groups is 1. The van der Waals surface area contributed by atoms with Crippen molar-refractivity contribution >= 4 is 17.9 Å². The number of hydrazine groups is 1. The Labute approximate surface area is 96.4 Å². The lowest BCUT2D eigenvalue weighted by atomic mass is 10.2. The molecule has 1 unspecified atom stereocenters. The molecule has 17 heavy (non-hydrogen) atoms. The molecule has 0 bridgehead atoms. The molecule has 0 radical (unpaired) electrons. The number of urea groups is 1. The number of carbonyl (C=O) groups is 3. The van der Waals surface area contributed by atoms with E-state index in [4.69, 9.17) is 16.7 Å². The topological polar surface area (TPSA) is 151 Å². The molecule has 0 aromatic carbocycles. The number of amides is 3.